The van der Waals surface area contributed by atoms with Crippen molar-refractivity contribution in [3.8, 4) is 0 Å². The van der Waals surface area contributed by atoms with Gasteiger partial charge in [-0.25, -0.2) is 0 Å². The molecule has 1 aromatic rings. The SMILES string of the molecule is CCOC(=O)CN1C[C@@H]([N+](=O)[O-])c2ccccc21. The fourth-order valence-corrected chi connectivity index (χ4v) is 2.16. The maximum atomic E-state index is 11.5. The van der Waals surface area contributed by atoms with Crippen LogP contribution in [0.25, 0.3) is 0 Å². The van der Waals surface area contributed by atoms with E-state index in [0.29, 0.717) is 12.2 Å². The van der Waals surface area contributed by atoms with Crippen molar-refractivity contribution in [3.05, 3.63) is 39.9 Å². The number of rotatable bonds is 4. The van der Waals surface area contributed by atoms with Gasteiger partial charge in [0.15, 0.2) is 0 Å². The summed E-state index contributed by atoms with van der Waals surface area (Å²) in [6.45, 7) is 2.31. The first-order valence-electron chi connectivity index (χ1n) is 5.76. The van der Waals surface area contributed by atoms with Crippen molar-refractivity contribution in [1.29, 1.82) is 0 Å². The van der Waals surface area contributed by atoms with Gasteiger partial charge in [-0.05, 0) is 13.0 Å². The minimum atomic E-state index is -0.768. The predicted octanol–water partition coefficient (Wildman–Crippen LogP) is 1.39. The van der Waals surface area contributed by atoms with Crippen molar-refractivity contribution in [1.82, 2.24) is 0 Å². The molecule has 6 heteroatoms. The van der Waals surface area contributed by atoms with E-state index in [9.17, 15) is 14.9 Å². The summed E-state index contributed by atoms with van der Waals surface area (Å²) in [5.41, 5.74) is 1.40. The summed E-state index contributed by atoms with van der Waals surface area (Å²) in [4.78, 5) is 23.8. The lowest BCUT2D eigenvalue weighted by Crippen LogP contribution is -2.31. The second-order valence-electron chi connectivity index (χ2n) is 4.05. The smallest absolute Gasteiger partial charge is 0.325 e. The molecule has 18 heavy (non-hydrogen) atoms. The van der Waals surface area contributed by atoms with E-state index in [-0.39, 0.29) is 24.0 Å². The standard InChI is InChI=1S/C12H14N2O4/c1-2-18-12(15)8-13-7-11(14(16)17)9-5-3-4-6-10(9)13/h3-6,11H,2,7-8H2,1H3/t11-/m1/s1. The summed E-state index contributed by atoms with van der Waals surface area (Å²) in [7, 11) is 0. The molecule has 0 spiro atoms. The quantitative estimate of drug-likeness (QED) is 0.458. The van der Waals surface area contributed by atoms with Crippen LogP contribution in [0, 0.1) is 10.1 Å². The van der Waals surface area contributed by atoms with Crippen LogP contribution in [0.1, 0.15) is 18.5 Å². The minimum Gasteiger partial charge on any atom is -0.465 e. The molecule has 2 rings (SSSR count). The van der Waals surface area contributed by atoms with Crippen LogP contribution in [-0.4, -0.2) is 30.6 Å². The van der Waals surface area contributed by atoms with Gasteiger partial charge in [-0.1, -0.05) is 18.2 Å². The summed E-state index contributed by atoms with van der Waals surface area (Å²) in [6, 6.07) is 6.32. The van der Waals surface area contributed by atoms with Crippen LogP contribution in [0.4, 0.5) is 5.69 Å². The highest BCUT2D eigenvalue weighted by molar-refractivity contribution is 5.77. The molecule has 0 bridgehead atoms. The maximum Gasteiger partial charge on any atom is 0.325 e. The average Bonchev–Trinajstić information content (AvgIpc) is 2.69. The van der Waals surface area contributed by atoms with Crippen LogP contribution in [0.5, 0.6) is 0 Å². The highest BCUT2D eigenvalue weighted by Gasteiger charge is 2.37. The molecule has 0 fully saturated rings. The molecule has 0 aliphatic carbocycles. The minimum absolute atomic E-state index is 0.0508. The first-order valence-corrected chi connectivity index (χ1v) is 5.76. The zero-order valence-electron chi connectivity index (χ0n) is 10.0. The third kappa shape index (κ3) is 2.27. The lowest BCUT2D eigenvalue weighted by atomic mass is 10.1. The Morgan fingerprint density at radius 2 is 2.28 bits per heavy atom. The topological polar surface area (TPSA) is 72.7 Å². The molecule has 1 heterocycles. The number of hydrogen-bond acceptors (Lipinski definition) is 5. The molecule has 0 unspecified atom stereocenters. The monoisotopic (exact) mass is 250 g/mol. The van der Waals surface area contributed by atoms with Crippen LogP contribution in [0.2, 0.25) is 0 Å². The molecule has 0 saturated heterocycles. The first kappa shape index (κ1) is 12.3. The third-order valence-corrected chi connectivity index (χ3v) is 2.91. The van der Waals surface area contributed by atoms with Crippen molar-refractivity contribution < 1.29 is 14.5 Å². The van der Waals surface area contributed by atoms with E-state index in [1.165, 1.54) is 0 Å². The predicted molar refractivity (Wildman–Crippen MR) is 65.0 cm³/mol. The summed E-state index contributed by atoms with van der Waals surface area (Å²) in [5, 5.41) is 11.0. The third-order valence-electron chi connectivity index (χ3n) is 2.91. The van der Waals surface area contributed by atoms with Gasteiger partial charge in [-0.2, -0.15) is 0 Å². The highest BCUT2D eigenvalue weighted by atomic mass is 16.6. The van der Waals surface area contributed by atoms with E-state index in [2.05, 4.69) is 0 Å². The number of benzene rings is 1. The van der Waals surface area contributed by atoms with Gasteiger partial charge in [0.2, 0.25) is 0 Å². The molecular formula is C12H14N2O4. The fourth-order valence-electron chi connectivity index (χ4n) is 2.16. The molecule has 1 aliphatic heterocycles. The number of hydrogen-bond donors (Lipinski definition) is 0. The number of ether oxygens (including phenoxy) is 1. The van der Waals surface area contributed by atoms with E-state index in [4.69, 9.17) is 4.74 Å². The Bertz CT molecular complexity index is 475. The van der Waals surface area contributed by atoms with Crippen LogP contribution in [-0.2, 0) is 9.53 Å². The van der Waals surface area contributed by atoms with Crippen LogP contribution in [0.15, 0.2) is 24.3 Å². The second-order valence-corrected chi connectivity index (χ2v) is 4.05. The van der Waals surface area contributed by atoms with E-state index in [1.54, 1.807) is 36.1 Å². The van der Waals surface area contributed by atoms with Crippen LogP contribution >= 0.6 is 0 Å². The molecule has 6 nitrogen and oxygen atoms in total. The van der Waals surface area contributed by atoms with Gasteiger partial charge in [-0.15, -0.1) is 0 Å². The largest absolute Gasteiger partial charge is 0.465 e. The lowest BCUT2D eigenvalue weighted by molar-refractivity contribution is -0.524. The maximum absolute atomic E-state index is 11.5. The Hall–Kier alpha value is -2.11. The fraction of sp³-hybridized carbons (Fsp3) is 0.417. The van der Waals surface area contributed by atoms with Gasteiger partial charge in [0, 0.05) is 10.6 Å². The van der Waals surface area contributed by atoms with Crippen molar-refractivity contribution in [3.63, 3.8) is 0 Å². The van der Waals surface area contributed by atoms with Crippen LogP contribution < -0.4 is 4.90 Å². The molecule has 1 aliphatic rings. The van der Waals surface area contributed by atoms with Gasteiger partial charge >= 0.3 is 5.97 Å². The lowest BCUT2D eigenvalue weighted by Gasteiger charge is -2.16. The summed E-state index contributed by atoms with van der Waals surface area (Å²) in [6.07, 6.45) is 0. The van der Waals surface area contributed by atoms with E-state index in [1.807, 2.05) is 0 Å². The van der Waals surface area contributed by atoms with Crippen LogP contribution in [0.3, 0.4) is 0 Å². The molecule has 0 saturated carbocycles. The van der Waals surface area contributed by atoms with Gasteiger partial charge in [0.05, 0.1) is 18.7 Å². The number of fused-ring (bicyclic) bond motifs is 1. The molecule has 1 atom stereocenters. The Balaban J connectivity index is 2.20. The molecule has 0 N–H and O–H groups in total. The second kappa shape index (κ2) is 5.03. The number of carbonyl (C=O) groups is 1. The van der Waals surface area contributed by atoms with Gasteiger partial charge < -0.3 is 9.64 Å². The highest BCUT2D eigenvalue weighted by Crippen LogP contribution is 2.35. The molecular weight excluding hydrogens is 236 g/mol. The number of carbonyl (C=O) groups excluding carboxylic acids is 1. The van der Waals surface area contributed by atoms with Crippen molar-refractivity contribution in [2.45, 2.75) is 13.0 Å². The van der Waals surface area contributed by atoms with Crippen molar-refractivity contribution >= 4 is 11.7 Å². The number of esters is 1. The van der Waals surface area contributed by atoms with Crippen molar-refractivity contribution in [2.24, 2.45) is 0 Å². The van der Waals surface area contributed by atoms with Gasteiger partial charge in [0.1, 0.15) is 6.54 Å². The Labute approximate surface area is 104 Å². The first-order chi connectivity index (χ1) is 8.63. The molecule has 96 valence electrons. The van der Waals surface area contributed by atoms with Gasteiger partial charge in [-0.3, -0.25) is 14.9 Å². The van der Waals surface area contributed by atoms with E-state index >= 15 is 0 Å². The van der Waals surface area contributed by atoms with E-state index in [0.717, 1.165) is 5.69 Å². The molecule has 0 radical (unpaired) electrons. The Morgan fingerprint density at radius 1 is 1.56 bits per heavy atom. The molecule has 0 amide bonds. The summed E-state index contributed by atoms with van der Waals surface area (Å²) in [5.74, 6) is -0.365. The zero-order chi connectivity index (χ0) is 13.1. The normalized spacial score (nSPS) is 17.4. The number of nitro groups is 1. The van der Waals surface area contributed by atoms with Crippen molar-refractivity contribution in [2.75, 3.05) is 24.6 Å². The Kier molecular flexibility index (Phi) is 3.45. The van der Waals surface area contributed by atoms with E-state index < -0.39 is 6.04 Å². The van der Waals surface area contributed by atoms with Gasteiger partial charge in [0.25, 0.3) is 6.04 Å². The Morgan fingerprint density at radius 3 is 2.94 bits per heavy atom. The summed E-state index contributed by atoms with van der Waals surface area (Å²) >= 11 is 0. The number of para-hydroxylation sites is 1. The average molecular weight is 250 g/mol. The summed E-state index contributed by atoms with van der Waals surface area (Å²) < 4.78 is 4.86. The number of anilines is 1. The molecule has 0 aromatic heterocycles. The molecule has 1 aromatic carbocycles. The zero-order valence-corrected chi connectivity index (χ0v) is 10.0. The number of nitrogens with zero attached hydrogens (tertiary/aromatic N) is 2.